The molecule has 0 bridgehead atoms. The van der Waals surface area contributed by atoms with Crippen molar-refractivity contribution in [3.05, 3.63) is 40.1 Å². The molecule has 0 aliphatic carbocycles. The summed E-state index contributed by atoms with van der Waals surface area (Å²) in [5.41, 5.74) is 8.14. The number of aryl methyl sites for hydroxylation is 2. The van der Waals surface area contributed by atoms with E-state index in [9.17, 15) is 4.79 Å². The number of carbonyl (C=O) groups excluding carboxylic acids is 1. The van der Waals surface area contributed by atoms with Crippen molar-refractivity contribution in [1.82, 2.24) is 9.78 Å². The van der Waals surface area contributed by atoms with Crippen LogP contribution in [-0.4, -0.2) is 15.7 Å². The van der Waals surface area contributed by atoms with Gasteiger partial charge in [0.05, 0.1) is 5.69 Å². The number of aromatic nitrogens is 2. The van der Waals surface area contributed by atoms with Crippen LogP contribution in [-0.2, 0) is 6.54 Å². The number of nitrogens with zero attached hydrogens (tertiary/aromatic N) is 2. The fourth-order valence-electron chi connectivity index (χ4n) is 1.72. The molecule has 0 atom stereocenters. The second kappa shape index (κ2) is 5.44. The maximum atomic E-state index is 12.1. The van der Waals surface area contributed by atoms with E-state index in [1.807, 2.05) is 32.0 Å². The summed E-state index contributed by atoms with van der Waals surface area (Å²) < 4.78 is 2.61. The molecule has 0 aliphatic rings. The molecule has 1 aromatic carbocycles. The number of hydrogen-bond donors (Lipinski definition) is 2. The van der Waals surface area contributed by atoms with Gasteiger partial charge in [-0.3, -0.25) is 9.48 Å². The largest absolute Gasteiger partial charge is 0.396 e. The lowest BCUT2D eigenvalue weighted by atomic mass is 10.2. The predicted molar refractivity (Wildman–Crippen MR) is 79.1 cm³/mol. The molecule has 19 heavy (non-hydrogen) atoms. The molecule has 0 radical (unpaired) electrons. The molecular weight excluding hydrogens is 308 g/mol. The number of anilines is 2. The van der Waals surface area contributed by atoms with E-state index in [-0.39, 0.29) is 11.6 Å². The van der Waals surface area contributed by atoms with Crippen LogP contribution < -0.4 is 11.1 Å². The number of hydrogen-bond acceptors (Lipinski definition) is 3. The number of nitrogens with one attached hydrogen (secondary N) is 1. The molecule has 0 fully saturated rings. The lowest BCUT2D eigenvalue weighted by Gasteiger charge is -2.07. The Morgan fingerprint density at radius 2 is 2.26 bits per heavy atom. The molecule has 0 unspecified atom stereocenters. The molecular formula is C13H15BrN4O. The number of carbonyl (C=O) groups is 1. The van der Waals surface area contributed by atoms with E-state index in [1.165, 1.54) is 0 Å². The number of halogens is 1. The van der Waals surface area contributed by atoms with Crippen molar-refractivity contribution >= 4 is 33.2 Å². The Balaban J connectivity index is 2.23. The van der Waals surface area contributed by atoms with Crippen LogP contribution in [0.15, 0.2) is 28.9 Å². The van der Waals surface area contributed by atoms with Gasteiger partial charge in [0.25, 0.3) is 5.91 Å². The third-order valence-electron chi connectivity index (χ3n) is 2.77. The van der Waals surface area contributed by atoms with E-state index in [0.29, 0.717) is 12.2 Å². The van der Waals surface area contributed by atoms with Crippen LogP contribution in [0.5, 0.6) is 0 Å². The van der Waals surface area contributed by atoms with Gasteiger partial charge in [0, 0.05) is 22.9 Å². The Kier molecular flexibility index (Phi) is 3.90. The van der Waals surface area contributed by atoms with Crippen LogP contribution in [0.2, 0.25) is 0 Å². The van der Waals surface area contributed by atoms with Gasteiger partial charge in [-0.15, -0.1) is 0 Å². The van der Waals surface area contributed by atoms with E-state index in [4.69, 9.17) is 5.73 Å². The molecule has 6 heteroatoms. The average Bonchev–Trinajstić information content (AvgIpc) is 2.74. The van der Waals surface area contributed by atoms with Crippen LogP contribution >= 0.6 is 15.9 Å². The minimum atomic E-state index is -0.296. The number of nitrogens with two attached hydrogens (primary N) is 1. The zero-order valence-electron chi connectivity index (χ0n) is 10.8. The highest BCUT2D eigenvalue weighted by Crippen LogP contribution is 2.21. The van der Waals surface area contributed by atoms with Crippen molar-refractivity contribution in [2.45, 2.75) is 20.4 Å². The summed E-state index contributed by atoms with van der Waals surface area (Å²) >= 11 is 3.38. The van der Waals surface area contributed by atoms with Crippen LogP contribution in [0.3, 0.4) is 0 Å². The van der Waals surface area contributed by atoms with Crippen molar-refractivity contribution in [2.24, 2.45) is 0 Å². The maximum absolute atomic E-state index is 12.1. The first-order valence-corrected chi connectivity index (χ1v) is 6.71. The van der Waals surface area contributed by atoms with E-state index < -0.39 is 0 Å². The fraction of sp³-hybridized carbons (Fsp3) is 0.231. The van der Waals surface area contributed by atoms with Crippen molar-refractivity contribution in [2.75, 3.05) is 11.1 Å². The molecule has 2 rings (SSSR count). The molecule has 2 aromatic rings. The molecule has 1 aromatic heterocycles. The van der Waals surface area contributed by atoms with E-state index >= 15 is 0 Å². The predicted octanol–water partition coefficient (Wildman–Crippen LogP) is 2.81. The fourth-order valence-corrected chi connectivity index (χ4v) is 2.20. The van der Waals surface area contributed by atoms with Crippen LogP contribution in [0.1, 0.15) is 23.0 Å². The Morgan fingerprint density at radius 3 is 2.84 bits per heavy atom. The monoisotopic (exact) mass is 322 g/mol. The Morgan fingerprint density at radius 1 is 1.53 bits per heavy atom. The number of benzene rings is 1. The first-order chi connectivity index (χ1) is 9.01. The molecule has 5 nitrogen and oxygen atoms in total. The highest BCUT2D eigenvalue weighted by atomic mass is 79.9. The van der Waals surface area contributed by atoms with Gasteiger partial charge in [-0.25, -0.2) is 0 Å². The Hall–Kier alpha value is -1.82. The molecule has 0 spiro atoms. The molecule has 3 N–H and O–H groups in total. The van der Waals surface area contributed by atoms with Gasteiger partial charge >= 0.3 is 0 Å². The number of amides is 1. The van der Waals surface area contributed by atoms with Crippen molar-refractivity contribution in [3.63, 3.8) is 0 Å². The SMILES string of the molecule is CCn1cc(N)c(C(=O)Nc2ccc(Br)cc2C)n1. The van der Waals surface area contributed by atoms with Crippen LogP contribution in [0, 0.1) is 6.92 Å². The van der Waals surface area contributed by atoms with Gasteiger partial charge in [0.2, 0.25) is 0 Å². The van der Waals surface area contributed by atoms with Gasteiger partial charge in [0.15, 0.2) is 5.69 Å². The maximum Gasteiger partial charge on any atom is 0.278 e. The van der Waals surface area contributed by atoms with Crippen molar-refractivity contribution in [3.8, 4) is 0 Å². The highest BCUT2D eigenvalue weighted by molar-refractivity contribution is 9.10. The normalized spacial score (nSPS) is 10.5. The Labute approximate surface area is 119 Å². The quantitative estimate of drug-likeness (QED) is 0.912. The van der Waals surface area contributed by atoms with Gasteiger partial charge in [0.1, 0.15) is 0 Å². The summed E-state index contributed by atoms with van der Waals surface area (Å²) in [4.78, 5) is 12.1. The molecule has 0 aliphatic heterocycles. The summed E-state index contributed by atoms with van der Waals surface area (Å²) in [5, 5.41) is 6.96. The van der Waals surface area contributed by atoms with Gasteiger partial charge < -0.3 is 11.1 Å². The van der Waals surface area contributed by atoms with Gasteiger partial charge in [-0.1, -0.05) is 15.9 Å². The minimum Gasteiger partial charge on any atom is -0.396 e. The summed E-state index contributed by atoms with van der Waals surface area (Å²) in [7, 11) is 0. The van der Waals surface area contributed by atoms with E-state index in [0.717, 1.165) is 15.7 Å². The Bertz CT molecular complexity index is 621. The standard InChI is InChI=1S/C13H15BrN4O/c1-3-18-7-10(15)12(17-18)13(19)16-11-5-4-9(14)6-8(11)2/h4-7H,3,15H2,1-2H3,(H,16,19). The minimum absolute atomic E-state index is 0.254. The molecule has 1 amide bonds. The second-order valence-corrected chi connectivity index (χ2v) is 5.12. The molecule has 1 heterocycles. The lowest BCUT2D eigenvalue weighted by molar-refractivity contribution is 0.102. The lowest BCUT2D eigenvalue weighted by Crippen LogP contribution is -2.15. The van der Waals surface area contributed by atoms with Gasteiger partial charge in [-0.05, 0) is 37.6 Å². The number of rotatable bonds is 3. The summed E-state index contributed by atoms with van der Waals surface area (Å²) in [6, 6.07) is 5.64. The number of nitrogen functional groups attached to an aromatic ring is 1. The van der Waals surface area contributed by atoms with Crippen LogP contribution in [0.25, 0.3) is 0 Å². The zero-order chi connectivity index (χ0) is 14.0. The topological polar surface area (TPSA) is 72.9 Å². The third kappa shape index (κ3) is 2.96. The van der Waals surface area contributed by atoms with Crippen molar-refractivity contribution in [1.29, 1.82) is 0 Å². The smallest absolute Gasteiger partial charge is 0.278 e. The first kappa shape index (κ1) is 13.6. The van der Waals surface area contributed by atoms with E-state index in [2.05, 4.69) is 26.3 Å². The van der Waals surface area contributed by atoms with E-state index in [1.54, 1.807) is 10.9 Å². The zero-order valence-corrected chi connectivity index (χ0v) is 12.4. The average molecular weight is 323 g/mol. The summed E-state index contributed by atoms with van der Waals surface area (Å²) in [6.07, 6.45) is 1.66. The third-order valence-corrected chi connectivity index (χ3v) is 3.26. The molecule has 100 valence electrons. The highest BCUT2D eigenvalue weighted by Gasteiger charge is 2.15. The molecule has 0 saturated heterocycles. The van der Waals surface area contributed by atoms with Gasteiger partial charge in [-0.2, -0.15) is 5.10 Å². The summed E-state index contributed by atoms with van der Waals surface area (Å²) in [6.45, 7) is 4.54. The first-order valence-electron chi connectivity index (χ1n) is 5.91. The second-order valence-electron chi connectivity index (χ2n) is 4.20. The van der Waals surface area contributed by atoms with Crippen LogP contribution in [0.4, 0.5) is 11.4 Å². The molecule has 0 saturated carbocycles. The van der Waals surface area contributed by atoms with Crippen molar-refractivity contribution < 1.29 is 4.79 Å². The summed E-state index contributed by atoms with van der Waals surface area (Å²) in [5.74, 6) is -0.296.